The second-order valence-electron chi connectivity index (χ2n) is 5.25. The van der Waals surface area contributed by atoms with E-state index in [0.29, 0.717) is 10.7 Å². The Labute approximate surface area is 140 Å². The third-order valence-electron chi connectivity index (χ3n) is 3.54. The summed E-state index contributed by atoms with van der Waals surface area (Å²) in [7, 11) is -3.94. The molecule has 0 aromatic heterocycles. The van der Waals surface area contributed by atoms with Crippen LogP contribution in [0.1, 0.15) is 16.7 Å². The number of carbonyl (C=O) groups is 1. The summed E-state index contributed by atoms with van der Waals surface area (Å²) in [4.78, 5) is 11.9. The molecule has 2 aromatic carbocycles. The van der Waals surface area contributed by atoms with Gasteiger partial charge in [0.1, 0.15) is 0 Å². The molecule has 7 heteroatoms. The molecule has 0 saturated heterocycles. The number of aryl methyl sites for hydroxylation is 2. The van der Waals surface area contributed by atoms with Gasteiger partial charge in [-0.25, -0.2) is 17.9 Å². The van der Waals surface area contributed by atoms with E-state index in [9.17, 15) is 13.2 Å². The molecule has 2 aromatic rings. The van der Waals surface area contributed by atoms with Crippen LogP contribution in [0.5, 0.6) is 0 Å². The normalized spacial score (nSPS) is 11.1. The third kappa shape index (κ3) is 4.24. The Morgan fingerprint density at radius 1 is 1.00 bits per heavy atom. The quantitative estimate of drug-likeness (QED) is 0.882. The van der Waals surface area contributed by atoms with E-state index in [0.717, 1.165) is 16.7 Å². The van der Waals surface area contributed by atoms with Crippen molar-refractivity contribution in [3.8, 4) is 0 Å². The Bertz CT molecular complexity index is 823. The van der Waals surface area contributed by atoms with Gasteiger partial charge in [-0.15, -0.1) is 0 Å². The molecule has 0 aliphatic rings. The average Bonchev–Trinajstić information content (AvgIpc) is 2.46. The van der Waals surface area contributed by atoms with Crippen LogP contribution in [0.4, 0.5) is 10.5 Å². The largest absolute Gasteiger partial charge is 0.333 e. The van der Waals surface area contributed by atoms with Gasteiger partial charge in [-0.05, 0) is 73.9 Å². The van der Waals surface area contributed by atoms with Crippen LogP contribution in [-0.2, 0) is 10.0 Å². The fourth-order valence-electron chi connectivity index (χ4n) is 2.02. The fraction of sp³-hybridized carbons (Fsp3) is 0.188. The molecule has 0 saturated carbocycles. The molecule has 0 atom stereocenters. The van der Waals surface area contributed by atoms with Crippen molar-refractivity contribution in [1.29, 1.82) is 0 Å². The Balaban J connectivity index is 2.17. The molecule has 2 rings (SSSR count). The van der Waals surface area contributed by atoms with Gasteiger partial charge < -0.3 is 5.32 Å². The maximum atomic E-state index is 12.3. The van der Waals surface area contributed by atoms with Crippen molar-refractivity contribution >= 4 is 33.3 Å². The summed E-state index contributed by atoms with van der Waals surface area (Å²) in [5.74, 6) is 0. The number of halogens is 1. The number of hydrogen-bond acceptors (Lipinski definition) is 3. The average molecular weight is 353 g/mol. The highest BCUT2D eigenvalue weighted by Crippen LogP contribution is 2.19. The smallest absolute Gasteiger partial charge is 0.307 e. The lowest BCUT2D eigenvalue weighted by molar-refractivity contribution is 0.256. The second-order valence-corrected chi connectivity index (χ2v) is 7.37. The van der Waals surface area contributed by atoms with E-state index in [-0.39, 0.29) is 4.90 Å². The molecule has 0 unspecified atom stereocenters. The maximum Gasteiger partial charge on any atom is 0.333 e. The Morgan fingerprint density at radius 2 is 1.52 bits per heavy atom. The van der Waals surface area contributed by atoms with Crippen LogP contribution in [0.2, 0.25) is 5.02 Å². The molecule has 2 N–H and O–H groups in total. The first-order valence-electron chi connectivity index (χ1n) is 6.86. The number of benzene rings is 2. The first kappa shape index (κ1) is 17.3. The van der Waals surface area contributed by atoms with Crippen molar-refractivity contribution < 1.29 is 13.2 Å². The lowest BCUT2D eigenvalue weighted by atomic mass is 10.1. The molecule has 0 aliphatic heterocycles. The Morgan fingerprint density at radius 3 is 2.04 bits per heavy atom. The molecule has 0 radical (unpaired) electrons. The minimum absolute atomic E-state index is 0.0596. The van der Waals surface area contributed by atoms with Gasteiger partial charge >= 0.3 is 6.03 Å². The standard InChI is InChI=1S/C16H17ClN2O3S/c1-10-8-15(9-11(2)12(10)3)23(21,22)19-16(20)18-14-6-4-13(17)5-7-14/h4-9H,1-3H3,(H2,18,19,20). The van der Waals surface area contributed by atoms with Gasteiger partial charge in [0.25, 0.3) is 10.0 Å². The monoisotopic (exact) mass is 352 g/mol. The third-order valence-corrected chi connectivity index (χ3v) is 5.10. The van der Waals surface area contributed by atoms with Crippen molar-refractivity contribution in [2.24, 2.45) is 0 Å². The Kier molecular flexibility index (Phi) is 4.97. The number of anilines is 1. The van der Waals surface area contributed by atoms with E-state index in [2.05, 4.69) is 5.32 Å². The molecule has 0 bridgehead atoms. The van der Waals surface area contributed by atoms with E-state index in [1.165, 1.54) is 0 Å². The number of sulfonamides is 1. The van der Waals surface area contributed by atoms with Crippen LogP contribution in [0.15, 0.2) is 41.3 Å². The van der Waals surface area contributed by atoms with E-state index < -0.39 is 16.1 Å². The topological polar surface area (TPSA) is 75.3 Å². The molecule has 23 heavy (non-hydrogen) atoms. The number of urea groups is 1. The zero-order valence-corrected chi connectivity index (χ0v) is 14.5. The summed E-state index contributed by atoms with van der Waals surface area (Å²) in [6.07, 6.45) is 0. The van der Waals surface area contributed by atoms with Crippen LogP contribution in [0.3, 0.4) is 0 Å². The minimum Gasteiger partial charge on any atom is -0.307 e. The summed E-state index contributed by atoms with van der Waals surface area (Å²) in [5.41, 5.74) is 3.17. The number of hydrogen-bond donors (Lipinski definition) is 2. The van der Waals surface area contributed by atoms with Gasteiger partial charge in [0.2, 0.25) is 0 Å². The van der Waals surface area contributed by atoms with Crippen LogP contribution in [0, 0.1) is 20.8 Å². The van der Waals surface area contributed by atoms with Gasteiger partial charge in [-0.2, -0.15) is 0 Å². The zero-order valence-electron chi connectivity index (χ0n) is 13.0. The van der Waals surface area contributed by atoms with Crippen molar-refractivity contribution in [2.45, 2.75) is 25.7 Å². The summed E-state index contributed by atoms with van der Waals surface area (Å²) in [6.45, 7) is 5.58. The summed E-state index contributed by atoms with van der Waals surface area (Å²) >= 11 is 5.75. The predicted molar refractivity (Wildman–Crippen MR) is 91.4 cm³/mol. The zero-order chi connectivity index (χ0) is 17.2. The number of carbonyl (C=O) groups excluding carboxylic acids is 1. The van der Waals surface area contributed by atoms with Crippen molar-refractivity contribution in [3.63, 3.8) is 0 Å². The summed E-state index contributed by atoms with van der Waals surface area (Å²) in [5, 5.41) is 2.97. The lowest BCUT2D eigenvalue weighted by Gasteiger charge is -2.12. The number of amides is 2. The molecule has 0 spiro atoms. The molecular formula is C16H17ClN2O3S. The summed E-state index contributed by atoms with van der Waals surface area (Å²) < 4.78 is 26.6. The van der Waals surface area contributed by atoms with Crippen molar-refractivity contribution in [1.82, 2.24) is 4.72 Å². The second kappa shape index (κ2) is 6.60. The van der Waals surface area contributed by atoms with Crippen LogP contribution >= 0.6 is 11.6 Å². The van der Waals surface area contributed by atoms with E-state index in [4.69, 9.17) is 11.6 Å². The van der Waals surface area contributed by atoms with Gasteiger partial charge in [0, 0.05) is 10.7 Å². The van der Waals surface area contributed by atoms with Crippen molar-refractivity contribution in [3.05, 3.63) is 58.1 Å². The molecule has 122 valence electrons. The first-order chi connectivity index (χ1) is 10.7. The van der Waals surface area contributed by atoms with Gasteiger partial charge in [-0.1, -0.05) is 11.6 Å². The SMILES string of the molecule is Cc1cc(S(=O)(=O)NC(=O)Nc2ccc(Cl)cc2)cc(C)c1C. The Hall–Kier alpha value is -2.05. The van der Waals surface area contributed by atoms with E-state index >= 15 is 0 Å². The molecular weight excluding hydrogens is 336 g/mol. The lowest BCUT2D eigenvalue weighted by Crippen LogP contribution is -2.34. The predicted octanol–water partition coefficient (Wildman–Crippen LogP) is 3.78. The van der Waals surface area contributed by atoms with E-state index in [1.54, 1.807) is 36.4 Å². The highest BCUT2D eigenvalue weighted by molar-refractivity contribution is 7.90. The molecule has 0 fully saturated rings. The maximum absolute atomic E-state index is 12.3. The molecule has 2 amide bonds. The molecule has 0 aliphatic carbocycles. The molecule has 5 nitrogen and oxygen atoms in total. The van der Waals surface area contributed by atoms with Gasteiger partial charge in [0.05, 0.1) is 4.90 Å². The van der Waals surface area contributed by atoms with Crippen LogP contribution in [0.25, 0.3) is 0 Å². The number of rotatable bonds is 3. The number of nitrogens with one attached hydrogen (secondary N) is 2. The highest BCUT2D eigenvalue weighted by atomic mass is 35.5. The van der Waals surface area contributed by atoms with Crippen LogP contribution in [-0.4, -0.2) is 14.4 Å². The van der Waals surface area contributed by atoms with Gasteiger partial charge in [0.15, 0.2) is 0 Å². The van der Waals surface area contributed by atoms with Crippen molar-refractivity contribution in [2.75, 3.05) is 5.32 Å². The minimum atomic E-state index is -3.94. The van der Waals surface area contributed by atoms with E-state index in [1.807, 2.05) is 25.5 Å². The highest BCUT2D eigenvalue weighted by Gasteiger charge is 2.19. The fourth-order valence-corrected chi connectivity index (χ4v) is 3.22. The summed E-state index contributed by atoms with van der Waals surface area (Å²) in [6, 6.07) is 8.60. The molecule has 0 heterocycles. The van der Waals surface area contributed by atoms with Crippen LogP contribution < -0.4 is 10.0 Å². The first-order valence-corrected chi connectivity index (χ1v) is 8.72. The van der Waals surface area contributed by atoms with Gasteiger partial charge in [-0.3, -0.25) is 0 Å².